The number of nitrogens with one attached hydrogen (secondary N) is 2. The number of ether oxygens (including phenoxy) is 2. The number of alkyl carbamates (subject to hydrolysis) is 1. The number of halogens is 3. The molecule has 5 aliphatic heterocycles. The molecule has 1 aliphatic carbocycles. The van der Waals surface area contributed by atoms with E-state index in [0.717, 1.165) is 69.0 Å². The van der Waals surface area contributed by atoms with Crippen molar-refractivity contribution in [3.8, 4) is 17.3 Å². The van der Waals surface area contributed by atoms with Crippen molar-refractivity contribution in [1.29, 1.82) is 0 Å². The highest BCUT2D eigenvalue weighted by Crippen LogP contribution is 2.56. The van der Waals surface area contributed by atoms with Gasteiger partial charge in [-0.15, -0.1) is 0 Å². The molecule has 254 valence electrons. The summed E-state index contributed by atoms with van der Waals surface area (Å²) < 4.78 is 38.7. The van der Waals surface area contributed by atoms with Gasteiger partial charge in [0, 0.05) is 41.3 Å². The highest BCUT2D eigenvalue weighted by molar-refractivity contribution is 6.33. The molecule has 6 bridgehead atoms. The molecule has 11 nitrogen and oxygen atoms in total. The molecule has 1 amide bonds. The maximum atomic E-state index is 17.1. The third-order valence-corrected chi connectivity index (χ3v) is 11.3. The Labute approximate surface area is 281 Å². The maximum Gasteiger partial charge on any atom is 0.407 e. The molecular weight excluding hydrogens is 642 g/mol. The van der Waals surface area contributed by atoms with Crippen molar-refractivity contribution in [3.05, 3.63) is 34.9 Å². The van der Waals surface area contributed by atoms with Crippen LogP contribution in [0.2, 0.25) is 5.02 Å². The fraction of sp³-hybridized carbons (Fsp3) is 0.559. The van der Waals surface area contributed by atoms with Gasteiger partial charge in [-0.3, -0.25) is 19.4 Å². The van der Waals surface area contributed by atoms with Crippen LogP contribution in [0.3, 0.4) is 0 Å². The number of carbonyl (C=O) groups is 1. The second-order valence-corrected chi connectivity index (χ2v) is 14.1. The van der Waals surface area contributed by atoms with E-state index >= 15 is 4.39 Å². The van der Waals surface area contributed by atoms with Crippen molar-refractivity contribution in [2.75, 3.05) is 51.5 Å². The highest BCUT2D eigenvalue weighted by atomic mass is 35.5. The van der Waals surface area contributed by atoms with Crippen molar-refractivity contribution in [2.45, 2.75) is 68.9 Å². The minimum absolute atomic E-state index is 0.0173. The zero-order valence-electron chi connectivity index (χ0n) is 26.9. The minimum Gasteiger partial charge on any atom is -0.461 e. The van der Waals surface area contributed by atoms with Gasteiger partial charge in [-0.1, -0.05) is 11.6 Å². The van der Waals surface area contributed by atoms with Gasteiger partial charge in [0.05, 0.1) is 36.4 Å². The predicted octanol–water partition coefficient (Wildman–Crippen LogP) is 6.16. The number of piperidine rings is 1. The van der Waals surface area contributed by atoms with Crippen molar-refractivity contribution >= 4 is 45.3 Å². The molecule has 1 saturated carbocycles. The summed E-state index contributed by atoms with van der Waals surface area (Å²) in [5, 5.41) is 12.1. The number of fused-ring (bicyclic) bond motifs is 7. The van der Waals surface area contributed by atoms with Crippen molar-refractivity contribution < 1.29 is 23.0 Å². The number of aromatic nitrogens is 5. The topological polar surface area (TPSA) is 121 Å². The summed E-state index contributed by atoms with van der Waals surface area (Å²) in [6, 6.07) is 1.86. The van der Waals surface area contributed by atoms with Crippen LogP contribution in [-0.4, -0.2) is 94.3 Å². The summed E-state index contributed by atoms with van der Waals surface area (Å²) in [6.45, 7) is 4.11. The molecule has 2 N–H and O–H groups in total. The molecule has 6 aliphatic rings. The van der Waals surface area contributed by atoms with Gasteiger partial charge >= 0.3 is 12.1 Å². The minimum atomic E-state index is -0.537. The number of nitrogens with zero attached hydrogens (tertiary/aromatic N) is 6. The van der Waals surface area contributed by atoms with Crippen molar-refractivity contribution in [1.82, 2.24) is 35.4 Å². The molecule has 4 fully saturated rings. The molecule has 0 radical (unpaired) electrons. The van der Waals surface area contributed by atoms with Crippen LogP contribution in [0.25, 0.3) is 33.1 Å². The van der Waals surface area contributed by atoms with Gasteiger partial charge in [-0.05, 0) is 87.9 Å². The lowest BCUT2D eigenvalue weighted by Gasteiger charge is -2.34. The van der Waals surface area contributed by atoms with Crippen LogP contribution in [0.4, 0.5) is 19.4 Å². The number of amides is 1. The Morgan fingerprint density at radius 1 is 1.10 bits per heavy atom. The van der Waals surface area contributed by atoms with E-state index in [-0.39, 0.29) is 40.6 Å². The first-order valence-electron chi connectivity index (χ1n) is 16.9. The molecule has 1 aromatic carbocycles. The molecule has 3 aromatic heterocycles. The van der Waals surface area contributed by atoms with E-state index in [2.05, 4.69) is 25.3 Å². The van der Waals surface area contributed by atoms with Crippen LogP contribution < -0.4 is 15.0 Å². The molecule has 4 aromatic rings. The van der Waals surface area contributed by atoms with Gasteiger partial charge in [0.15, 0.2) is 5.82 Å². The zero-order valence-corrected chi connectivity index (χ0v) is 27.7. The van der Waals surface area contributed by atoms with Crippen molar-refractivity contribution in [2.24, 2.45) is 5.92 Å². The van der Waals surface area contributed by atoms with Gasteiger partial charge < -0.3 is 19.7 Å². The van der Waals surface area contributed by atoms with E-state index in [1.54, 1.807) is 12.4 Å². The van der Waals surface area contributed by atoms with Crippen LogP contribution in [-0.2, 0) is 4.74 Å². The molecular formula is C34H39ClF2N8O3. The van der Waals surface area contributed by atoms with E-state index in [0.29, 0.717) is 67.2 Å². The molecule has 8 heterocycles. The van der Waals surface area contributed by atoms with Gasteiger partial charge in [-0.2, -0.15) is 15.1 Å². The normalized spacial score (nSPS) is 24.7. The maximum absolute atomic E-state index is 17.1. The van der Waals surface area contributed by atoms with Gasteiger partial charge in [-0.25, -0.2) is 9.18 Å². The van der Waals surface area contributed by atoms with E-state index in [9.17, 15) is 9.18 Å². The molecule has 10 rings (SSSR count). The summed E-state index contributed by atoms with van der Waals surface area (Å²) >= 11 is 6.93. The number of anilines is 1. The number of alkyl halides is 1. The third kappa shape index (κ3) is 5.39. The molecule has 3 unspecified atom stereocenters. The standard InChI is InChI=1S/C33H36ClFN8O3.CH3F/c34-23-13-24-21(15-37-41-24)26-25(23)20-12-18(20)5-11-45-32(44)38-19-4-1-8-42(16-19)30-22-14-36-29(26)27(35)28(22)39-31(40-30)46-17-33-6-2-9-43(33)10-3-7-33;1-2/h13-15,18-20H,1-12,16-17H2,(H,37,41)(H,38,44);1H3. The molecule has 3 saturated heterocycles. The Bertz CT molecular complexity index is 1860. The summed E-state index contributed by atoms with van der Waals surface area (Å²) in [7, 11) is 0.500. The number of aromatic amines is 1. The molecule has 3 atom stereocenters. The highest BCUT2D eigenvalue weighted by Gasteiger charge is 2.45. The summed E-state index contributed by atoms with van der Waals surface area (Å²) in [5.74, 6) is 0.338. The first kappa shape index (κ1) is 31.4. The SMILES string of the molecule is CF.O=C1NC2CCCN(C2)c2nc(OCC34CCCN3CCC4)nc3c(F)c(ncc23)-c2c(c(Cl)cc3[nH]ncc23)C2CC2CCO1. The van der Waals surface area contributed by atoms with Crippen LogP contribution in [0.1, 0.15) is 62.8 Å². The lowest BCUT2D eigenvalue weighted by Crippen LogP contribution is -2.48. The van der Waals surface area contributed by atoms with E-state index < -0.39 is 11.9 Å². The zero-order chi connectivity index (χ0) is 33.0. The Morgan fingerprint density at radius 3 is 2.77 bits per heavy atom. The first-order valence-corrected chi connectivity index (χ1v) is 17.3. The number of hydrogen-bond donors (Lipinski definition) is 2. The molecule has 14 heteroatoms. The summed E-state index contributed by atoms with van der Waals surface area (Å²) in [5.41, 5.74) is 2.49. The number of rotatable bonds is 3. The van der Waals surface area contributed by atoms with E-state index in [1.807, 2.05) is 6.07 Å². The Balaban J connectivity index is 0.00000165. The Morgan fingerprint density at radius 2 is 1.94 bits per heavy atom. The van der Waals surface area contributed by atoms with Crippen LogP contribution in [0.15, 0.2) is 18.5 Å². The average Bonchev–Trinajstić information content (AvgIpc) is 3.37. The quantitative estimate of drug-likeness (QED) is 0.262. The van der Waals surface area contributed by atoms with Gasteiger partial charge in [0.25, 0.3) is 0 Å². The van der Waals surface area contributed by atoms with E-state index in [1.165, 1.54) is 0 Å². The summed E-state index contributed by atoms with van der Waals surface area (Å²) in [6.07, 6.45) is 10.6. The Kier molecular flexibility index (Phi) is 8.22. The number of benzene rings is 1. The average molecular weight is 681 g/mol. The second kappa shape index (κ2) is 12.6. The fourth-order valence-electron chi connectivity index (χ4n) is 8.57. The summed E-state index contributed by atoms with van der Waals surface area (Å²) in [4.78, 5) is 31.8. The number of H-pyrrole nitrogens is 1. The lowest BCUT2D eigenvalue weighted by atomic mass is 9.94. The van der Waals surface area contributed by atoms with Gasteiger partial charge in [0.2, 0.25) is 0 Å². The molecule has 0 spiro atoms. The van der Waals surface area contributed by atoms with Gasteiger partial charge in [0.1, 0.15) is 23.6 Å². The van der Waals surface area contributed by atoms with E-state index in [4.69, 9.17) is 36.0 Å². The number of hydrogen-bond acceptors (Lipinski definition) is 9. The second-order valence-electron chi connectivity index (χ2n) is 13.7. The predicted molar refractivity (Wildman–Crippen MR) is 178 cm³/mol. The monoisotopic (exact) mass is 680 g/mol. The largest absolute Gasteiger partial charge is 0.461 e. The Hall–Kier alpha value is -3.84. The van der Waals surface area contributed by atoms with Crippen LogP contribution in [0.5, 0.6) is 6.01 Å². The smallest absolute Gasteiger partial charge is 0.407 e. The number of carbonyl (C=O) groups excluding carboxylic acids is 1. The fourth-order valence-corrected chi connectivity index (χ4v) is 8.92. The first-order chi connectivity index (χ1) is 23.5. The van der Waals surface area contributed by atoms with Crippen LogP contribution in [0, 0.1) is 11.7 Å². The van der Waals surface area contributed by atoms with Crippen molar-refractivity contribution in [3.63, 3.8) is 0 Å². The lowest BCUT2D eigenvalue weighted by molar-refractivity contribution is 0.108. The molecule has 48 heavy (non-hydrogen) atoms. The number of pyridine rings is 1. The third-order valence-electron chi connectivity index (χ3n) is 11.0. The van der Waals surface area contributed by atoms with Crippen LogP contribution >= 0.6 is 11.6 Å².